The van der Waals surface area contributed by atoms with Crippen LogP contribution in [0.3, 0.4) is 0 Å². The molecule has 2 rings (SSSR count). The summed E-state index contributed by atoms with van der Waals surface area (Å²) in [5.41, 5.74) is 0. The number of nitrogens with one attached hydrogen (secondary N) is 1. The van der Waals surface area contributed by atoms with Crippen molar-refractivity contribution in [2.24, 2.45) is 0 Å². The van der Waals surface area contributed by atoms with E-state index < -0.39 is 38.4 Å². The Labute approximate surface area is 115 Å². The van der Waals surface area contributed by atoms with Crippen LogP contribution < -0.4 is 4.72 Å². The lowest BCUT2D eigenvalue weighted by Crippen LogP contribution is -2.35. The maximum Gasteiger partial charge on any atom is 0.246 e. The van der Waals surface area contributed by atoms with Crippen molar-refractivity contribution in [1.29, 1.82) is 0 Å². The molecule has 0 bridgehead atoms. The number of rotatable bonds is 4. The Morgan fingerprint density at radius 3 is 2.45 bits per heavy atom. The zero-order valence-corrected chi connectivity index (χ0v) is 11.8. The van der Waals surface area contributed by atoms with Gasteiger partial charge in [0.1, 0.15) is 11.6 Å². The van der Waals surface area contributed by atoms with E-state index in [-0.39, 0.29) is 13.2 Å². The van der Waals surface area contributed by atoms with Crippen LogP contribution in [-0.4, -0.2) is 33.5 Å². The molecular formula is C12H15F2NO4S. The predicted molar refractivity (Wildman–Crippen MR) is 66.5 cm³/mol. The summed E-state index contributed by atoms with van der Waals surface area (Å²) in [4.78, 5) is -0.988. The average Bonchev–Trinajstić information content (AvgIpc) is 2.66. The van der Waals surface area contributed by atoms with E-state index in [1.165, 1.54) is 0 Å². The molecule has 0 radical (unpaired) electrons. The minimum atomic E-state index is -4.28. The van der Waals surface area contributed by atoms with Gasteiger partial charge < -0.3 is 9.47 Å². The van der Waals surface area contributed by atoms with Crippen molar-refractivity contribution in [3.63, 3.8) is 0 Å². The van der Waals surface area contributed by atoms with Gasteiger partial charge in [0.25, 0.3) is 0 Å². The van der Waals surface area contributed by atoms with Crippen molar-refractivity contribution in [3.05, 3.63) is 29.8 Å². The highest BCUT2D eigenvalue weighted by Crippen LogP contribution is 2.23. The Balaban J connectivity index is 2.09. The number of hydrogen-bond acceptors (Lipinski definition) is 4. The van der Waals surface area contributed by atoms with Gasteiger partial charge in [0.2, 0.25) is 10.0 Å². The van der Waals surface area contributed by atoms with Crippen LogP contribution in [-0.2, 0) is 19.5 Å². The highest BCUT2D eigenvalue weighted by Gasteiger charge is 2.34. The maximum atomic E-state index is 13.5. The molecule has 0 aliphatic carbocycles. The van der Waals surface area contributed by atoms with Crippen molar-refractivity contribution in [2.45, 2.75) is 30.6 Å². The molecular weight excluding hydrogens is 292 g/mol. The summed E-state index contributed by atoms with van der Waals surface area (Å²) in [6, 6.07) is 2.87. The smallest absolute Gasteiger partial charge is 0.246 e. The van der Waals surface area contributed by atoms with Gasteiger partial charge in [-0.15, -0.1) is 0 Å². The van der Waals surface area contributed by atoms with Gasteiger partial charge in [-0.25, -0.2) is 21.9 Å². The van der Waals surface area contributed by atoms with E-state index in [2.05, 4.69) is 4.72 Å². The molecule has 8 heteroatoms. The van der Waals surface area contributed by atoms with Gasteiger partial charge >= 0.3 is 0 Å². The van der Waals surface area contributed by atoms with Crippen LogP contribution in [0.5, 0.6) is 0 Å². The Hall–Kier alpha value is -1.09. The lowest BCUT2D eigenvalue weighted by molar-refractivity contribution is -0.137. The van der Waals surface area contributed by atoms with E-state index in [0.717, 1.165) is 18.2 Å². The fourth-order valence-electron chi connectivity index (χ4n) is 1.88. The monoisotopic (exact) mass is 307 g/mol. The zero-order valence-electron chi connectivity index (χ0n) is 11.0. The topological polar surface area (TPSA) is 64.6 Å². The first-order valence-corrected chi connectivity index (χ1v) is 7.45. The molecule has 112 valence electrons. The molecule has 1 N–H and O–H groups in total. The second-order valence-electron chi connectivity index (χ2n) is 4.85. The van der Waals surface area contributed by atoms with Gasteiger partial charge in [-0.2, -0.15) is 0 Å². The molecule has 1 aliphatic rings. The van der Waals surface area contributed by atoms with Crippen LogP contribution in [0.15, 0.2) is 23.1 Å². The third-order valence-corrected chi connectivity index (χ3v) is 4.23. The predicted octanol–water partition coefficient (Wildman–Crippen LogP) is 1.39. The molecule has 0 aromatic heterocycles. The number of sulfonamides is 1. The van der Waals surface area contributed by atoms with E-state index >= 15 is 0 Å². The molecule has 1 aromatic carbocycles. The first-order valence-electron chi connectivity index (χ1n) is 5.97. The molecule has 1 aromatic rings. The molecule has 0 saturated carbocycles. The second-order valence-corrected chi connectivity index (χ2v) is 6.56. The summed E-state index contributed by atoms with van der Waals surface area (Å²) in [5.74, 6) is -3.07. The third-order valence-electron chi connectivity index (χ3n) is 2.76. The molecule has 1 atom stereocenters. The van der Waals surface area contributed by atoms with Crippen molar-refractivity contribution in [1.82, 2.24) is 4.72 Å². The standard InChI is InChI=1S/C12H15F2NO4S/c1-12(2)18-7-8(19-12)6-15-20(16,17)11-9(13)4-3-5-10(11)14/h3-5,8,15H,6-7H2,1-2H3. The molecule has 1 aliphatic heterocycles. The van der Waals surface area contributed by atoms with Crippen molar-refractivity contribution < 1.29 is 26.7 Å². The first kappa shape index (κ1) is 15.3. The van der Waals surface area contributed by atoms with Crippen molar-refractivity contribution in [2.75, 3.05) is 13.2 Å². The fraction of sp³-hybridized carbons (Fsp3) is 0.500. The van der Waals surface area contributed by atoms with Gasteiger partial charge in [0, 0.05) is 6.54 Å². The SMILES string of the molecule is CC1(C)OCC(CNS(=O)(=O)c2c(F)cccc2F)O1. The zero-order chi connectivity index (χ0) is 15.0. The van der Waals surface area contributed by atoms with E-state index in [4.69, 9.17) is 9.47 Å². The minimum Gasteiger partial charge on any atom is -0.348 e. The Morgan fingerprint density at radius 1 is 1.35 bits per heavy atom. The number of benzene rings is 1. The third kappa shape index (κ3) is 3.32. The van der Waals surface area contributed by atoms with Gasteiger partial charge in [-0.1, -0.05) is 6.07 Å². The number of hydrogen-bond donors (Lipinski definition) is 1. The molecule has 20 heavy (non-hydrogen) atoms. The van der Waals surface area contributed by atoms with Crippen LogP contribution in [0.25, 0.3) is 0 Å². The number of ether oxygens (including phenoxy) is 2. The van der Waals surface area contributed by atoms with E-state index in [1.807, 2.05) is 0 Å². The summed E-state index contributed by atoms with van der Waals surface area (Å²) < 4.78 is 63.5. The minimum absolute atomic E-state index is 0.125. The Bertz CT molecular complexity index is 583. The van der Waals surface area contributed by atoms with Gasteiger partial charge in [0.15, 0.2) is 10.7 Å². The molecule has 1 heterocycles. The van der Waals surface area contributed by atoms with Crippen LogP contribution in [0.4, 0.5) is 8.78 Å². The van der Waals surface area contributed by atoms with Gasteiger partial charge in [-0.05, 0) is 26.0 Å². The van der Waals surface area contributed by atoms with E-state index in [1.54, 1.807) is 13.8 Å². The molecule has 1 saturated heterocycles. The maximum absolute atomic E-state index is 13.5. The number of halogens is 2. The lowest BCUT2D eigenvalue weighted by atomic mass is 10.3. The highest BCUT2D eigenvalue weighted by atomic mass is 32.2. The lowest BCUT2D eigenvalue weighted by Gasteiger charge is -2.17. The van der Waals surface area contributed by atoms with Crippen LogP contribution in [0.2, 0.25) is 0 Å². The summed E-state index contributed by atoms with van der Waals surface area (Å²) >= 11 is 0. The molecule has 5 nitrogen and oxygen atoms in total. The van der Waals surface area contributed by atoms with Crippen molar-refractivity contribution >= 4 is 10.0 Å². The van der Waals surface area contributed by atoms with Crippen LogP contribution in [0.1, 0.15) is 13.8 Å². The quantitative estimate of drug-likeness (QED) is 0.913. The highest BCUT2D eigenvalue weighted by molar-refractivity contribution is 7.89. The van der Waals surface area contributed by atoms with Gasteiger partial charge in [0.05, 0.1) is 12.7 Å². The van der Waals surface area contributed by atoms with E-state index in [9.17, 15) is 17.2 Å². The van der Waals surface area contributed by atoms with Crippen LogP contribution >= 0.6 is 0 Å². The summed E-state index contributed by atoms with van der Waals surface area (Å²) in [6.45, 7) is 3.46. The Kier molecular flexibility index (Phi) is 4.10. The molecule has 0 amide bonds. The summed E-state index contributed by atoms with van der Waals surface area (Å²) in [5, 5.41) is 0. The van der Waals surface area contributed by atoms with E-state index in [0.29, 0.717) is 0 Å². The average molecular weight is 307 g/mol. The summed E-state index contributed by atoms with van der Waals surface area (Å²) in [6.07, 6.45) is -0.505. The molecule has 1 unspecified atom stereocenters. The molecule has 0 spiro atoms. The fourth-order valence-corrected chi connectivity index (χ4v) is 3.08. The van der Waals surface area contributed by atoms with Crippen LogP contribution in [0, 0.1) is 11.6 Å². The van der Waals surface area contributed by atoms with Crippen molar-refractivity contribution in [3.8, 4) is 0 Å². The Morgan fingerprint density at radius 2 is 1.95 bits per heavy atom. The molecule has 1 fully saturated rings. The summed E-state index contributed by atoms with van der Waals surface area (Å²) in [7, 11) is -4.28. The second kappa shape index (κ2) is 5.36. The van der Waals surface area contributed by atoms with Gasteiger partial charge in [-0.3, -0.25) is 0 Å². The normalized spacial score (nSPS) is 22.1. The largest absolute Gasteiger partial charge is 0.348 e. The first-order chi connectivity index (χ1) is 9.21.